The smallest absolute Gasteiger partial charge is 0.131 e. The van der Waals surface area contributed by atoms with Crippen LogP contribution in [0.2, 0.25) is 5.02 Å². The minimum absolute atomic E-state index is 0.126. The van der Waals surface area contributed by atoms with Gasteiger partial charge in [0.25, 0.3) is 0 Å². The highest BCUT2D eigenvalue weighted by atomic mass is 35.5. The molecule has 0 aliphatic carbocycles. The number of nitrogens with one attached hydrogen (secondary N) is 1. The first-order chi connectivity index (χ1) is 12.2. The summed E-state index contributed by atoms with van der Waals surface area (Å²) < 4.78 is 19.4. The summed E-state index contributed by atoms with van der Waals surface area (Å²) in [5.41, 5.74) is 1.60. The van der Waals surface area contributed by atoms with E-state index in [1.165, 1.54) is 43.7 Å². The van der Waals surface area contributed by atoms with Gasteiger partial charge >= 0.3 is 0 Å². The zero-order valence-electron chi connectivity index (χ0n) is 14.9. The zero-order valence-corrected chi connectivity index (χ0v) is 15.6. The first kappa shape index (κ1) is 19.7. The topological polar surface area (TPSA) is 21.3 Å². The lowest BCUT2D eigenvalue weighted by Gasteiger charge is -2.10. The number of ether oxygens (including phenoxy) is 1. The highest BCUT2D eigenvalue weighted by Crippen LogP contribution is 2.21. The normalized spacial score (nSPS) is 10.8. The molecular weight excluding hydrogens is 337 g/mol. The molecule has 0 radical (unpaired) electrons. The molecule has 136 valence electrons. The molecule has 0 amide bonds. The van der Waals surface area contributed by atoms with Crippen LogP contribution in [0.15, 0.2) is 42.5 Å². The van der Waals surface area contributed by atoms with Crippen LogP contribution in [0.3, 0.4) is 0 Å². The van der Waals surface area contributed by atoms with Gasteiger partial charge in [-0.3, -0.25) is 0 Å². The van der Waals surface area contributed by atoms with E-state index in [-0.39, 0.29) is 12.4 Å². The largest absolute Gasteiger partial charge is 0.489 e. The van der Waals surface area contributed by atoms with Crippen molar-refractivity contribution in [3.05, 3.63) is 64.4 Å². The lowest BCUT2D eigenvalue weighted by molar-refractivity contribution is 0.300. The molecule has 0 bridgehead atoms. The zero-order chi connectivity index (χ0) is 17.9. The molecule has 0 saturated carbocycles. The summed E-state index contributed by atoms with van der Waals surface area (Å²) in [6.07, 6.45) is 6.47. The van der Waals surface area contributed by atoms with Crippen LogP contribution in [0.4, 0.5) is 4.39 Å². The highest BCUT2D eigenvalue weighted by molar-refractivity contribution is 6.31. The van der Waals surface area contributed by atoms with Crippen molar-refractivity contribution >= 4 is 11.6 Å². The average Bonchev–Trinajstić information content (AvgIpc) is 2.62. The fourth-order valence-corrected chi connectivity index (χ4v) is 2.83. The maximum atomic E-state index is 13.7. The standard InChI is InChI=1S/C21H27ClFNO/c1-2-3-4-5-6-14-24-15-17-10-12-18(13-11-17)25-16-19-20(22)8-7-9-21(19)23/h7-13,24H,2-6,14-16H2,1H3. The predicted octanol–water partition coefficient (Wildman–Crippen LogP) is 6.12. The van der Waals surface area contributed by atoms with Gasteiger partial charge in [-0.25, -0.2) is 4.39 Å². The fraction of sp³-hybridized carbons (Fsp3) is 0.429. The Morgan fingerprint density at radius 1 is 1.00 bits per heavy atom. The number of rotatable bonds is 11. The Labute approximate surface area is 155 Å². The quantitative estimate of drug-likeness (QED) is 0.486. The maximum Gasteiger partial charge on any atom is 0.131 e. The number of unbranched alkanes of at least 4 members (excludes halogenated alkanes) is 4. The summed E-state index contributed by atoms with van der Waals surface area (Å²) in [4.78, 5) is 0. The molecule has 25 heavy (non-hydrogen) atoms. The van der Waals surface area contributed by atoms with Gasteiger partial charge in [0, 0.05) is 12.1 Å². The molecule has 2 aromatic carbocycles. The summed E-state index contributed by atoms with van der Waals surface area (Å²) in [7, 11) is 0. The second kappa shape index (κ2) is 11.1. The Balaban J connectivity index is 1.71. The molecule has 0 aromatic heterocycles. The van der Waals surface area contributed by atoms with E-state index in [1.807, 2.05) is 24.3 Å². The van der Waals surface area contributed by atoms with Crippen LogP contribution in [-0.2, 0) is 13.2 Å². The SMILES string of the molecule is CCCCCCCNCc1ccc(OCc2c(F)cccc2Cl)cc1. The monoisotopic (exact) mass is 363 g/mol. The molecule has 2 rings (SSSR count). The number of benzene rings is 2. The van der Waals surface area contributed by atoms with E-state index >= 15 is 0 Å². The van der Waals surface area contributed by atoms with Crippen LogP contribution in [0.5, 0.6) is 5.75 Å². The van der Waals surface area contributed by atoms with Crippen LogP contribution in [0, 0.1) is 5.82 Å². The molecule has 1 N–H and O–H groups in total. The van der Waals surface area contributed by atoms with E-state index in [0.717, 1.165) is 13.1 Å². The van der Waals surface area contributed by atoms with Crippen molar-refractivity contribution in [3.63, 3.8) is 0 Å². The van der Waals surface area contributed by atoms with E-state index in [9.17, 15) is 4.39 Å². The molecule has 0 heterocycles. The lowest BCUT2D eigenvalue weighted by atomic mass is 10.1. The third kappa shape index (κ3) is 7.05. The first-order valence-electron chi connectivity index (χ1n) is 9.06. The second-order valence-corrected chi connectivity index (χ2v) is 6.63. The van der Waals surface area contributed by atoms with Crippen molar-refractivity contribution in [2.24, 2.45) is 0 Å². The van der Waals surface area contributed by atoms with Crippen molar-refractivity contribution in [2.75, 3.05) is 6.54 Å². The van der Waals surface area contributed by atoms with Gasteiger partial charge in [0.1, 0.15) is 18.2 Å². The third-order valence-electron chi connectivity index (χ3n) is 4.15. The molecule has 0 spiro atoms. The molecular formula is C21H27ClFNO. The van der Waals surface area contributed by atoms with Crippen LogP contribution in [0.1, 0.15) is 50.2 Å². The summed E-state index contributed by atoms with van der Waals surface area (Å²) in [6.45, 7) is 4.26. The summed E-state index contributed by atoms with van der Waals surface area (Å²) in [5.74, 6) is 0.370. The van der Waals surface area contributed by atoms with Gasteiger partial charge in [-0.05, 0) is 42.8 Å². The molecule has 0 unspecified atom stereocenters. The Kier molecular flexibility index (Phi) is 8.78. The Hall–Kier alpha value is -1.58. The van der Waals surface area contributed by atoms with E-state index in [2.05, 4.69) is 12.2 Å². The molecule has 0 aliphatic rings. The van der Waals surface area contributed by atoms with Gasteiger partial charge in [0.15, 0.2) is 0 Å². The Morgan fingerprint density at radius 2 is 1.76 bits per heavy atom. The molecule has 0 saturated heterocycles. The number of hydrogen-bond acceptors (Lipinski definition) is 2. The molecule has 0 atom stereocenters. The highest BCUT2D eigenvalue weighted by Gasteiger charge is 2.07. The summed E-state index contributed by atoms with van der Waals surface area (Å²) >= 11 is 6.00. The van der Waals surface area contributed by atoms with Gasteiger partial charge < -0.3 is 10.1 Å². The van der Waals surface area contributed by atoms with Crippen molar-refractivity contribution in [1.82, 2.24) is 5.32 Å². The lowest BCUT2D eigenvalue weighted by Crippen LogP contribution is -2.14. The Bertz CT molecular complexity index is 610. The third-order valence-corrected chi connectivity index (χ3v) is 4.51. The molecule has 0 aliphatic heterocycles. The molecule has 0 fully saturated rings. The van der Waals surface area contributed by atoms with Crippen LogP contribution in [-0.4, -0.2) is 6.54 Å². The predicted molar refractivity (Wildman–Crippen MR) is 103 cm³/mol. The van der Waals surface area contributed by atoms with Crippen LogP contribution in [0.25, 0.3) is 0 Å². The fourth-order valence-electron chi connectivity index (χ4n) is 2.62. The minimum atomic E-state index is -0.341. The molecule has 2 nitrogen and oxygen atoms in total. The number of hydrogen-bond donors (Lipinski definition) is 1. The van der Waals surface area contributed by atoms with Gasteiger partial charge in [-0.15, -0.1) is 0 Å². The van der Waals surface area contributed by atoms with Crippen molar-refractivity contribution in [3.8, 4) is 5.75 Å². The van der Waals surface area contributed by atoms with E-state index < -0.39 is 0 Å². The number of halogens is 2. The van der Waals surface area contributed by atoms with Crippen molar-refractivity contribution < 1.29 is 9.13 Å². The first-order valence-corrected chi connectivity index (χ1v) is 9.44. The summed E-state index contributed by atoms with van der Waals surface area (Å²) in [5, 5.41) is 3.85. The van der Waals surface area contributed by atoms with Crippen molar-refractivity contribution in [1.29, 1.82) is 0 Å². The minimum Gasteiger partial charge on any atom is -0.489 e. The molecule has 4 heteroatoms. The average molecular weight is 364 g/mol. The second-order valence-electron chi connectivity index (χ2n) is 6.22. The van der Waals surface area contributed by atoms with Gasteiger partial charge in [0.05, 0.1) is 5.02 Å². The van der Waals surface area contributed by atoms with E-state index in [1.54, 1.807) is 12.1 Å². The van der Waals surface area contributed by atoms with Crippen molar-refractivity contribution in [2.45, 2.75) is 52.2 Å². The maximum absolute atomic E-state index is 13.7. The summed E-state index contributed by atoms with van der Waals surface area (Å²) in [6, 6.07) is 12.5. The van der Waals surface area contributed by atoms with Crippen LogP contribution >= 0.6 is 11.6 Å². The van der Waals surface area contributed by atoms with Gasteiger partial charge in [0.2, 0.25) is 0 Å². The van der Waals surface area contributed by atoms with Gasteiger partial charge in [-0.1, -0.05) is 62.4 Å². The van der Waals surface area contributed by atoms with Gasteiger partial charge in [-0.2, -0.15) is 0 Å². The van der Waals surface area contributed by atoms with E-state index in [0.29, 0.717) is 16.3 Å². The van der Waals surface area contributed by atoms with E-state index in [4.69, 9.17) is 16.3 Å². The Morgan fingerprint density at radius 3 is 2.48 bits per heavy atom. The van der Waals surface area contributed by atoms with Crippen LogP contribution < -0.4 is 10.1 Å². The molecule has 2 aromatic rings.